The molecule has 0 radical (unpaired) electrons. The van der Waals surface area contributed by atoms with E-state index in [9.17, 15) is 0 Å². The van der Waals surface area contributed by atoms with E-state index >= 15 is 0 Å². The molecule has 0 amide bonds. The van der Waals surface area contributed by atoms with Gasteiger partial charge in [-0.25, -0.2) is 4.58 Å². The number of nitrogens with zero attached hydrogens (tertiary/aromatic N) is 1. The summed E-state index contributed by atoms with van der Waals surface area (Å²) in [6.07, 6.45) is 1.66. The molecule has 0 saturated heterocycles. The van der Waals surface area contributed by atoms with Crippen molar-refractivity contribution >= 4 is 6.40 Å². The highest BCUT2D eigenvalue weighted by Gasteiger charge is 1.88. The van der Waals surface area contributed by atoms with Crippen LogP contribution in [0, 0.1) is 0 Å². The lowest BCUT2D eigenvalue weighted by Crippen LogP contribution is -3.00. The first-order valence-corrected chi connectivity index (χ1v) is 3.50. The fourth-order valence-corrected chi connectivity index (χ4v) is 0.665. The van der Waals surface area contributed by atoms with Crippen LogP contribution in [0.15, 0.2) is 30.3 Å². The quantitative estimate of drug-likeness (QED) is 0.306. The Bertz CT molecular complexity index is 242. The predicted octanol–water partition coefficient (Wildman–Crippen LogP) is -1.63. The first kappa shape index (κ1) is 11.0. The van der Waals surface area contributed by atoms with Gasteiger partial charge in [0.1, 0.15) is 19.8 Å². The second-order valence-electron chi connectivity index (χ2n) is 2.50. The Morgan fingerprint density at radius 2 is 1.75 bits per heavy atom. The third kappa shape index (κ3) is 3.98. The van der Waals surface area contributed by atoms with Crippen molar-refractivity contribution < 1.29 is 21.7 Å². The molecule has 1 aromatic carbocycles. The third-order valence-electron chi connectivity index (χ3n) is 1.14. The molecule has 1 rings (SSSR count). The summed E-state index contributed by atoms with van der Waals surface area (Å²) in [6, 6.07) is 9.68. The minimum Gasteiger partial charge on any atom is -1.00 e. The van der Waals surface area contributed by atoms with E-state index in [4.69, 9.17) is 4.74 Å². The lowest BCUT2D eigenvalue weighted by molar-refractivity contribution is -0.466. The van der Waals surface area contributed by atoms with Crippen LogP contribution in [0.1, 0.15) is 0 Å². The first-order chi connectivity index (χ1) is 5.29. The molecule has 3 heteroatoms. The fraction of sp³-hybridized carbons (Fsp3) is 0.222. The molecule has 0 heterocycles. The second kappa shape index (κ2) is 5.61. The lowest BCUT2D eigenvalue weighted by atomic mass is 10.3. The zero-order valence-electron chi connectivity index (χ0n) is 7.20. The largest absolute Gasteiger partial charge is 1.00 e. The van der Waals surface area contributed by atoms with Crippen LogP contribution in [0.25, 0.3) is 0 Å². The van der Waals surface area contributed by atoms with E-state index in [0.717, 1.165) is 5.75 Å². The molecule has 12 heavy (non-hydrogen) atoms. The van der Waals surface area contributed by atoms with Crippen molar-refractivity contribution in [3.05, 3.63) is 30.3 Å². The van der Waals surface area contributed by atoms with Crippen molar-refractivity contribution in [1.82, 2.24) is 0 Å². The molecular weight excluding hydrogens is 174 g/mol. The third-order valence-corrected chi connectivity index (χ3v) is 1.14. The van der Waals surface area contributed by atoms with Crippen LogP contribution in [-0.4, -0.2) is 25.1 Å². The molecule has 0 N–H and O–H groups in total. The highest BCUT2D eigenvalue weighted by atomic mass is 35.5. The average molecular weight is 186 g/mol. The molecular formula is C9H12ClNO. The summed E-state index contributed by atoms with van der Waals surface area (Å²) in [7, 11) is 3.84. The van der Waals surface area contributed by atoms with Gasteiger partial charge in [-0.05, 0) is 12.1 Å². The maximum atomic E-state index is 5.27. The van der Waals surface area contributed by atoms with Gasteiger partial charge in [0.05, 0.1) is 0 Å². The van der Waals surface area contributed by atoms with E-state index in [1.807, 2.05) is 49.0 Å². The standard InChI is InChI=1S/C9H12NO.ClH/c1-10(2)8-11-9-6-4-3-5-7-9;/h3-8H,1-2H3;1H/q+1;/p-1. The summed E-state index contributed by atoms with van der Waals surface area (Å²) in [6.45, 7) is 0. The Balaban J connectivity index is 0.00000121. The Morgan fingerprint density at radius 3 is 2.25 bits per heavy atom. The molecule has 0 saturated carbocycles. The molecule has 0 aromatic heterocycles. The van der Waals surface area contributed by atoms with Gasteiger partial charge in [0.25, 0.3) is 0 Å². The molecule has 0 unspecified atom stereocenters. The van der Waals surface area contributed by atoms with Crippen LogP contribution in [0.5, 0.6) is 5.75 Å². The fourth-order valence-electron chi connectivity index (χ4n) is 0.665. The molecule has 0 aliphatic heterocycles. The Morgan fingerprint density at radius 1 is 1.17 bits per heavy atom. The summed E-state index contributed by atoms with van der Waals surface area (Å²) < 4.78 is 7.12. The Kier molecular flexibility index (Phi) is 5.13. The second-order valence-corrected chi connectivity index (χ2v) is 2.50. The van der Waals surface area contributed by atoms with Gasteiger partial charge in [-0.3, -0.25) is 0 Å². The monoisotopic (exact) mass is 185 g/mol. The lowest BCUT2D eigenvalue weighted by Gasteiger charge is -1.94. The van der Waals surface area contributed by atoms with Crippen LogP contribution in [0.3, 0.4) is 0 Å². The van der Waals surface area contributed by atoms with E-state index in [-0.39, 0.29) is 12.4 Å². The van der Waals surface area contributed by atoms with E-state index in [1.54, 1.807) is 6.40 Å². The van der Waals surface area contributed by atoms with Crippen LogP contribution in [0.4, 0.5) is 0 Å². The van der Waals surface area contributed by atoms with Gasteiger partial charge in [0.15, 0.2) is 0 Å². The average Bonchev–Trinajstić information content (AvgIpc) is 2.03. The van der Waals surface area contributed by atoms with Crippen LogP contribution >= 0.6 is 0 Å². The summed E-state index contributed by atoms with van der Waals surface area (Å²) in [5.74, 6) is 0.862. The van der Waals surface area contributed by atoms with Crippen molar-refractivity contribution in [2.24, 2.45) is 0 Å². The number of hydrogen-bond donors (Lipinski definition) is 0. The van der Waals surface area contributed by atoms with Crippen molar-refractivity contribution in [3.63, 3.8) is 0 Å². The Labute approximate surface area is 78.9 Å². The van der Waals surface area contributed by atoms with Gasteiger partial charge in [0.2, 0.25) is 0 Å². The SMILES string of the molecule is C[N+](C)=COc1ccccc1.[Cl-]. The predicted molar refractivity (Wildman–Crippen MR) is 45.2 cm³/mol. The molecule has 0 bridgehead atoms. The topological polar surface area (TPSA) is 12.2 Å². The summed E-state index contributed by atoms with van der Waals surface area (Å²) in [4.78, 5) is 0. The summed E-state index contributed by atoms with van der Waals surface area (Å²) in [5, 5.41) is 0. The van der Waals surface area contributed by atoms with Crippen LogP contribution in [0.2, 0.25) is 0 Å². The molecule has 66 valence electrons. The summed E-state index contributed by atoms with van der Waals surface area (Å²) >= 11 is 0. The van der Waals surface area contributed by atoms with Gasteiger partial charge in [-0.1, -0.05) is 18.2 Å². The first-order valence-electron chi connectivity index (χ1n) is 3.50. The maximum absolute atomic E-state index is 5.27. The van der Waals surface area contributed by atoms with Crippen LogP contribution < -0.4 is 17.1 Å². The van der Waals surface area contributed by atoms with Crippen LogP contribution in [-0.2, 0) is 0 Å². The van der Waals surface area contributed by atoms with E-state index < -0.39 is 0 Å². The minimum atomic E-state index is 0. The van der Waals surface area contributed by atoms with Gasteiger partial charge in [0, 0.05) is 0 Å². The summed E-state index contributed by atoms with van der Waals surface area (Å²) in [5.41, 5.74) is 0. The number of benzene rings is 1. The normalized spacial score (nSPS) is 8.17. The number of hydrogen-bond acceptors (Lipinski definition) is 1. The molecule has 0 aliphatic carbocycles. The zero-order chi connectivity index (χ0) is 8.10. The number of para-hydroxylation sites is 1. The van der Waals surface area contributed by atoms with E-state index in [1.165, 1.54) is 0 Å². The number of ether oxygens (including phenoxy) is 1. The van der Waals surface area contributed by atoms with E-state index in [0.29, 0.717) is 0 Å². The highest BCUT2D eigenvalue weighted by Crippen LogP contribution is 2.06. The number of halogens is 1. The molecule has 0 spiro atoms. The molecule has 0 fully saturated rings. The molecule has 0 atom stereocenters. The molecule has 1 aromatic rings. The Hall–Kier alpha value is -1.02. The minimum absolute atomic E-state index is 0. The molecule has 0 aliphatic rings. The maximum Gasteiger partial charge on any atom is 0.328 e. The smallest absolute Gasteiger partial charge is 0.328 e. The van der Waals surface area contributed by atoms with Crippen molar-refractivity contribution in [3.8, 4) is 5.75 Å². The van der Waals surface area contributed by atoms with Crippen molar-refractivity contribution in [1.29, 1.82) is 0 Å². The van der Waals surface area contributed by atoms with Crippen molar-refractivity contribution in [2.75, 3.05) is 14.1 Å². The van der Waals surface area contributed by atoms with Gasteiger partial charge in [-0.15, -0.1) is 0 Å². The molecule has 2 nitrogen and oxygen atoms in total. The van der Waals surface area contributed by atoms with Gasteiger partial charge >= 0.3 is 6.40 Å². The van der Waals surface area contributed by atoms with Crippen molar-refractivity contribution in [2.45, 2.75) is 0 Å². The van der Waals surface area contributed by atoms with E-state index in [2.05, 4.69) is 0 Å². The van der Waals surface area contributed by atoms with Gasteiger partial charge in [-0.2, -0.15) is 0 Å². The highest BCUT2D eigenvalue weighted by molar-refractivity contribution is 5.46. The zero-order valence-corrected chi connectivity index (χ0v) is 7.95. The van der Waals surface area contributed by atoms with Gasteiger partial charge < -0.3 is 17.1 Å². The number of rotatable bonds is 2.